The second kappa shape index (κ2) is 12.5. The molecule has 12 heteroatoms. The highest BCUT2D eigenvalue weighted by Crippen LogP contribution is 2.34. The number of carbonyl (C=O) groups excluding carboxylic acids is 1. The third-order valence-corrected chi connectivity index (χ3v) is 7.09. The van der Waals surface area contributed by atoms with Crippen LogP contribution in [0.1, 0.15) is 43.1 Å². The van der Waals surface area contributed by atoms with Crippen LogP contribution in [0.15, 0.2) is 73.4 Å². The minimum Gasteiger partial charge on any atom is -0.476 e. The van der Waals surface area contributed by atoms with E-state index in [0.29, 0.717) is 37.8 Å². The topological polar surface area (TPSA) is 129 Å². The molecule has 206 valence electrons. The molecule has 40 heavy (non-hydrogen) atoms. The number of carbonyl (C=O) groups is 1. The molecule has 1 N–H and O–H groups in total. The zero-order valence-electron chi connectivity index (χ0n) is 21.9. The molecule has 3 aromatic carbocycles. The first-order valence-corrected chi connectivity index (χ1v) is 13.9. The van der Waals surface area contributed by atoms with Crippen molar-refractivity contribution in [1.29, 1.82) is 0 Å². The van der Waals surface area contributed by atoms with Crippen LogP contribution in [0.3, 0.4) is 0 Å². The van der Waals surface area contributed by atoms with Gasteiger partial charge in [-0.25, -0.2) is 4.98 Å². The van der Waals surface area contributed by atoms with Crippen molar-refractivity contribution >= 4 is 66.3 Å². The van der Waals surface area contributed by atoms with Crippen LogP contribution in [0, 0.1) is 17.0 Å². The molecule has 1 amide bonds. The molecule has 4 aromatic rings. The van der Waals surface area contributed by atoms with E-state index in [1.807, 2.05) is 39.0 Å². The summed E-state index contributed by atoms with van der Waals surface area (Å²) in [6.45, 7) is 5.35. The van der Waals surface area contributed by atoms with Gasteiger partial charge in [-0.15, -0.1) is 0 Å². The van der Waals surface area contributed by atoms with Gasteiger partial charge in [-0.1, -0.05) is 63.4 Å². The highest BCUT2D eigenvalue weighted by Gasteiger charge is 2.22. The van der Waals surface area contributed by atoms with E-state index in [-0.39, 0.29) is 28.5 Å². The summed E-state index contributed by atoms with van der Waals surface area (Å²) in [5.41, 5.74) is 1.58. The molecular weight excluding hydrogens is 646 g/mol. The minimum absolute atomic E-state index is 0.101. The minimum atomic E-state index is -0.610. The lowest BCUT2D eigenvalue weighted by Gasteiger charge is -2.14. The molecule has 1 atom stereocenters. The van der Waals surface area contributed by atoms with Crippen molar-refractivity contribution in [2.24, 2.45) is 5.10 Å². The number of aryl methyl sites for hydroxylation is 1. The van der Waals surface area contributed by atoms with Gasteiger partial charge >= 0.3 is 5.69 Å². The average Bonchev–Trinajstić information content (AvgIpc) is 2.92. The Balaban J connectivity index is 1.74. The summed E-state index contributed by atoms with van der Waals surface area (Å²) in [6.07, 6.45) is 2.00. The predicted molar refractivity (Wildman–Crippen MR) is 162 cm³/mol. The van der Waals surface area contributed by atoms with Crippen LogP contribution in [0.4, 0.5) is 11.4 Å². The van der Waals surface area contributed by atoms with Crippen molar-refractivity contribution in [3.63, 3.8) is 0 Å². The number of rotatable bonds is 9. The van der Waals surface area contributed by atoms with Crippen molar-refractivity contribution in [2.45, 2.75) is 33.1 Å². The first kappa shape index (κ1) is 29.1. The average molecular weight is 671 g/mol. The van der Waals surface area contributed by atoms with Gasteiger partial charge in [0.05, 0.1) is 22.0 Å². The van der Waals surface area contributed by atoms with Gasteiger partial charge in [0.1, 0.15) is 5.82 Å². The Bertz CT molecular complexity index is 1690. The quantitative estimate of drug-likeness (QED) is 0.122. The molecule has 1 aromatic heterocycles. The number of nitro benzene ring substituents is 1. The third-order valence-electron chi connectivity index (χ3n) is 6.14. The largest absolute Gasteiger partial charge is 0.476 e. The summed E-state index contributed by atoms with van der Waals surface area (Å²) in [5, 5.41) is 19.3. The Hall–Kier alpha value is -3.90. The maximum absolute atomic E-state index is 13.5. The highest BCUT2D eigenvalue weighted by molar-refractivity contribution is 9.10. The maximum Gasteiger partial charge on any atom is 0.312 e. The summed E-state index contributed by atoms with van der Waals surface area (Å²) in [6, 6.07) is 15.3. The van der Waals surface area contributed by atoms with Gasteiger partial charge in [-0.3, -0.25) is 19.7 Å². The van der Waals surface area contributed by atoms with E-state index in [1.165, 1.54) is 17.0 Å². The smallest absolute Gasteiger partial charge is 0.312 e. The molecule has 0 aliphatic carbocycles. The molecule has 0 aliphatic heterocycles. The van der Waals surface area contributed by atoms with E-state index in [2.05, 4.69) is 47.3 Å². The van der Waals surface area contributed by atoms with E-state index in [0.717, 1.165) is 5.56 Å². The number of amides is 1. The number of halogens is 2. The molecule has 0 fully saturated rings. The summed E-state index contributed by atoms with van der Waals surface area (Å²) >= 11 is 6.68. The fraction of sp³-hybridized carbons (Fsp3) is 0.214. The van der Waals surface area contributed by atoms with Crippen LogP contribution in [0.2, 0.25) is 0 Å². The van der Waals surface area contributed by atoms with Gasteiger partial charge < -0.3 is 10.1 Å². The van der Waals surface area contributed by atoms with Crippen LogP contribution < -0.4 is 15.6 Å². The Morgan fingerprint density at radius 1 is 1.18 bits per heavy atom. The molecule has 10 nitrogen and oxygen atoms in total. The van der Waals surface area contributed by atoms with Gasteiger partial charge in [0.2, 0.25) is 5.75 Å². The molecule has 0 aliphatic rings. The fourth-order valence-electron chi connectivity index (χ4n) is 3.86. The SMILES string of the molecule is CC[C@H](C)c1nc2ccc(Br)cc2c(=O)n1N=Cc1cc(Br)cc([N+](=O)[O-])c1OCC(=O)Nc1ccc(C)cc1. The number of ether oxygens (including phenoxy) is 1. The molecule has 0 saturated heterocycles. The second-order valence-corrected chi connectivity index (χ2v) is 10.9. The van der Waals surface area contributed by atoms with Gasteiger partial charge in [0, 0.05) is 32.2 Å². The number of nitro groups is 1. The number of benzene rings is 3. The number of nitrogens with zero attached hydrogens (tertiary/aromatic N) is 4. The van der Waals surface area contributed by atoms with Crippen molar-refractivity contribution < 1.29 is 14.5 Å². The maximum atomic E-state index is 13.5. The molecule has 0 bridgehead atoms. The van der Waals surface area contributed by atoms with E-state index in [4.69, 9.17) is 4.74 Å². The van der Waals surface area contributed by atoms with Crippen LogP contribution in [-0.2, 0) is 4.79 Å². The molecule has 0 spiro atoms. The van der Waals surface area contributed by atoms with E-state index >= 15 is 0 Å². The van der Waals surface area contributed by atoms with Crippen molar-refractivity contribution in [3.05, 3.63) is 101 Å². The van der Waals surface area contributed by atoms with Crippen LogP contribution >= 0.6 is 31.9 Å². The second-order valence-electron chi connectivity index (χ2n) is 9.11. The van der Waals surface area contributed by atoms with Gasteiger partial charge in [0.15, 0.2) is 6.61 Å². The van der Waals surface area contributed by atoms with Crippen LogP contribution in [-0.4, -0.2) is 33.3 Å². The molecule has 0 unspecified atom stereocenters. The number of hydrogen-bond acceptors (Lipinski definition) is 7. The van der Waals surface area contributed by atoms with E-state index in [9.17, 15) is 19.7 Å². The summed E-state index contributed by atoms with van der Waals surface area (Å²) < 4.78 is 7.98. The van der Waals surface area contributed by atoms with Gasteiger partial charge in [-0.05, 0) is 49.7 Å². The predicted octanol–water partition coefficient (Wildman–Crippen LogP) is 6.55. The normalized spacial score (nSPS) is 12.0. The lowest BCUT2D eigenvalue weighted by atomic mass is 10.1. The van der Waals surface area contributed by atoms with Crippen LogP contribution in [0.25, 0.3) is 10.9 Å². The summed E-state index contributed by atoms with van der Waals surface area (Å²) in [7, 11) is 0. The van der Waals surface area contributed by atoms with Crippen LogP contribution in [0.5, 0.6) is 5.75 Å². The third kappa shape index (κ3) is 6.62. The van der Waals surface area contributed by atoms with E-state index in [1.54, 1.807) is 30.3 Å². The number of aromatic nitrogens is 2. The number of hydrogen-bond donors (Lipinski definition) is 1. The number of anilines is 1. The zero-order chi connectivity index (χ0) is 29.0. The Labute approximate surface area is 246 Å². The molecule has 0 saturated carbocycles. The van der Waals surface area contributed by atoms with Crippen molar-refractivity contribution in [1.82, 2.24) is 9.66 Å². The standard InChI is InChI=1S/C28H25Br2N5O5/c1-4-17(3)27-33-23-10-7-19(29)12-22(23)28(37)34(27)31-14-18-11-20(30)13-24(35(38)39)26(18)40-15-25(36)32-21-8-5-16(2)6-9-21/h5-14,17H,4,15H2,1-3H3,(H,32,36)/t17-/m0/s1. The Kier molecular flexibility index (Phi) is 9.10. The van der Waals surface area contributed by atoms with Crippen molar-refractivity contribution in [3.8, 4) is 5.75 Å². The highest BCUT2D eigenvalue weighted by atomic mass is 79.9. The fourth-order valence-corrected chi connectivity index (χ4v) is 4.68. The van der Waals surface area contributed by atoms with E-state index < -0.39 is 17.4 Å². The lowest BCUT2D eigenvalue weighted by molar-refractivity contribution is -0.385. The molecular formula is C28H25Br2N5O5. The van der Waals surface area contributed by atoms with Crippen molar-refractivity contribution in [2.75, 3.05) is 11.9 Å². The Morgan fingerprint density at radius 3 is 2.58 bits per heavy atom. The summed E-state index contributed by atoms with van der Waals surface area (Å²) in [5.74, 6) is -0.312. The first-order chi connectivity index (χ1) is 19.1. The molecule has 4 rings (SSSR count). The van der Waals surface area contributed by atoms with Gasteiger partial charge in [-0.2, -0.15) is 9.78 Å². The Morgan fingerprint density at radius 2 is 1.90 bits per heavy atom. The lowest BCUT2D eigenvalue weighted by Crippen LogP contribution is -2.24. The number of fused-ring (bicyclic) bond motifs is 1. The molecule has 1 heterocycles. The zero-order valence-corrected chi connectivity index (χ0v) is 25.0. The first-order valence-electron chi connectivity index (χ1n) is 12.3. The van der Waals surface area contributed by atoms with Gasteiger partial charge in [0.25, 0.3) is 11.5 Å². The summed E-state index contributed by atoms with van der Waals surface area (Å²) in [4.78, 5) is 42.0. The number of nitrogens with one attached hydrogen (secondary N) is 1. The monoisotopic (exact) mass is 669 g/mol. The molecule has 0 radical (unpaired) electrons.